The Balaban J connectivity index is 4.49. The smallest absolute Gasteiger partial charge is 0.226 e. The van der Waals surface area contributed by atoms with Crippen molar-refractivity contribution < 1.29 is 4.79 Å². The molecule has 80 valence electrons. The number of amides is 1. The first kappa shape index (κ1) is 12.9. The van der Waals surface area contributed by atoms with Gasteiger partial charge in [-0.2, -0.15) is 0 Å². The fourth-order valence-corrected chi connectivity index (χ4v) is 1.17. The Labute approximate surface area is 87.3 Å². The minimum Gasteiger partial charge on any atom is -0.313 e. The lowest BCUT2D eigenvalue weighted by Gasteiger charge is -2.25. The number of nitrogens with zero attached hydrogens (tertiary/aromatic N) is 1. The minimum atomic E-state index is 0.145. The Bertz CT molecular complexity index is 218. The number of rotatable bonds is 6. The summed E-state index contributed by atoms with van der Waals surface area (Å²) in [5.74, 6) is 0.446. The van der Waals surface area contributed by atoms with Crippen LogP contribution < -0.4 is 0 Å². The summed E-state index contributed by atoms with van der Waals surface area (Å²) in [6, 6.07) is 0. The Kier molecular flexibility index (Phi) is 5.93. The quantitative estimate of drug-likeness (QED) is 0.597. The van der Waals surface area contributed by atoms with Crippen LogP contribution in [0.1, 0.15) is 33.6 Å². The molecule has 0 saturated heterocycles. The summed E-state index contributed by atoms with van der Waals surface area (Å²) in [6.07, 6.45) is 3.19. The van der Waals surface area contributed by atoms with E-state index in [-0.39, 0.29) is 5.91 Å². The average Bonchev–Trinajstić information content (AvgIpc) is 2.13. The molecule has 0 atom stereocenters. The van der Waals surface area contributed by atoms with Crippen molar-refractivity contribution in [3.05, 3.63) is 24.9 Å². The predicted octanol–water partition coefficient (Wildman–Crippen LogP) is 2.97. The van der Waals surface area contributed by atoms with Gasteiger partial charge < -0.3 is 4.90 Å². The molecule has 0 spiro atoms. The van der Waals surface area contributed by atoms with E-state index in [4.69, 9.17) is 0 Å². The summed E-state index contributed by atoms with van der Waals surface area (Å²) in [5, 5.41) is 0. The summed E-state index contributed by atoms with van der Waals surface area (Å²) in [4.78, 5) is 13.4. The summed E-state index contributed by atoms with van der Waals surface area (Å²) in [6.45, 7) is 14.2. The van der Waals surface area contributed by atoms with Gasteiger partial charge in [0.15, 0.2) is 0 Å². The molecule has 0 aliphatic heterocycles. The summed E-state index contributed by atoms with van der Waals surface area (Å²) in [5.41, 5.74) is 0.878. The van der Waals surface area contributed by atoms with Gasteiger partial charge in [0.1, 0.15) is 0 Å². The molecule has 0 heterocycles. The van der Waals surface area contributed by atoms with E-state index in [2.05, 4.69) is 13.2 Å². The second-order valence-electron chi connectivity index (χ2n) is 3.69. The highest BCUT2D eigenvalue weighted by Crippen LogP contribution is 2.14. The Morgan fingerprint density at radius 1 is 1.50 bits per heavy atom. The molecule has 0 aromatic carbocycles. The lowest BCUT2D eigenvalue weighted by atomic mass is 10.1. The fourth-order valence-electron chi connectivity index (χ4n) is 1.17. The number of allylic oxidation sites excluding steroid dienone is 1. The number of carbonyl (C=O) groups is 1. The molecule has 1 amide bonds. The molecule has 0 aromatic rings. The van der Waals surface area contributed by atoms with Crippen LogP contribution >= 0.6 is 0 Å². The van der Waals surface area contributed by atoms with Crippen molar-refractivity contribution >= 4 is 5.91 Å². The molecule has 0 N–H and O–H groups in total. The molecule has 0 radical (unpaired) electrons. The van der Waals surface area contributed by atoms with Gasteiger partial charge in [-0.25, -0.2) is 0 Å². The van der Waals surface area contributed by atoms with E-state index in [0.717, 1.165) is 12.1 Å². The molecule has 0 aromatic heterocycles. The molecule has 14 heavy (non-hydrogen) atoms. The van der Waals surface area contributed by atoms with Crippen molar-refractivity contribution in [1.82, 2.24) is 4.90 Å². The first-order chi connectivity index (χ1) is 6.54. The zero-order valence-electron chi connectivity index (χ0n) is 9.55. The molecule has 0 bridgehead atoms. The van der Waals surface area contributed by atoms with Gasteiger partial charge in [0.25, 0.3) is 0 Å². The van der Waals surface area contributed by atoms with Crippen LogP contribution in [0.4, 0.5) is 0 Å². The van der Waals surface area contributed by atoms with Crippen LogP contribution in [0.25, 0.3) is 0 Å². The highest BCUT2D eigenvalue weighted by molar-refractivity contribution is 5.78. The van der Waals surface area contributed by atoms with Crippen molar-refractivity contribution in [2.45, 2.75) is 33.6 Å². The normalized spacial score (nSPS) is 10.0. The predicted molar refractivity (Wildman–Crippen MR) is 60.8 cm³/mol. The Morgan fingerprint density at radius 2 is 2.07 bits per heavy atom. The van der Waals surface area contributed by atoms with Crippen molar-refractivity contribution in [2.75, 3.05) is 6.54 Å². The third-order valence-corrected chi connectivity index (χ3v) is 2.09. The van der Waals surface area contributed by atoms with Gasteiger partial charge in [-0.05, 0) is 12.3 Å². The lowest BCUT2D eigenvalue weighted by Crippen LogP contribution is -2.31. The lowest BCUT2D eigenvalue weighted by molar-refractivity contribution is -0.129. The van der Waals surface area contributed by atoms with E-state index >= 15 is 0 Å². The first-order valence-electron chi connectivity index (χ1n) is 5.14. The van der Waals surface area contributed by atoms with Gasteiger partial charge in [0.2, 0.25) is 5.91 Å². The maximum absolute atomic E-state index is 11.7. The van der Waals surface area contributed by atoms with Crippen LogP contribution in [0.2, 0.25) is 0 Å². The highest BCUT2D eigenvalue weighted by atomic mass is 16.2. The maximum atomic E-state index is 11.7. The second kappa shape index (κ2) is 6.41. The van der Waals surface area contributed by atoms with Gasteiger partial charge in [0.05, 0.1) is 0 Å². The van der Waals surface area contributed by atoms with E-state index in [0.29, 0.717) is 18.9 Å². The molecule has 2 heteroatoms. The van der Waals surface area contributed by atoms with E-state index in [9.17, 15) is 4.79 Å². The highest BCUT2D eigenvalue weighted by Gasteiger charge is 2.16. The standard InChI is InChI=1S/C12H21NO/c1-6-8-12(14)13(9-7-2)11(5)10(3)4/h7,10H,2,5-6,8-9H2,1,3-4H3. The summed E-state index contributed by atoms with van der Waals surface area (Å²) in [7, 11) is 0. The van der Waals surface area contributed by atoms with Crippen molar-refractivity contribution in [2.24, 2.45) is 5.92 Å². The molecule has 0 fully saturated rings. The number of hydrogen-bond acceptors (Lipinski definition) is 1. The van der Waals surface area contributed by atoms with Gasteiger partial charge in [-0.1, -0.05) is 33.4 Å². The van der Waals surface area contributed by atoms with Crippen LogP contribution in [0, 0.1) is 5.92 Å². The van der Waals surface area contributed by atoms with Crippen LogP contribution in [-0.4, -0.2) is 17.4 Å². The largest absolute Gasteiger partial charge is 0.313 e. The molecule has 0 aliphatic rings. The van der Waals surface area contributed by atoms with Crippen LogP contribution in [-0.2, 0) is 4.79 Å². The van der Waals surface area contributed by atoms with E-state index in [1.165, 1.54) is 0 Å². The van der Waals surface area contributed by atoms with Crippen molar-refractivity contribution in [3.8, 4) is 0 Å². The summed E-state index contributed by atoms with van der Waals surface area (Å²) >= 11 is 0. The SMILES string of the molecule is C=CCN(C(=C)C(C)C)C(=O)CCC. The van der Waals surface area contributed by atoms with Crippen molar-refractivity contribution in [1.29, 1.82) is 0 Å². The van der Waals surface area contributed by atoms with Gasteiger partial charge in [0, 0.05) is 18.7 Å². The minimum absolute atomic E-state index is 0.145. The third-order valence-electron chi connectivity index (χ3n) is 2.09. The molecule has 0 saturated carbocycles. The molecular weight excluding hydrogens is 174 g/mol. The Morgan fingerprint density at radius 3 is 2.43 bits per heavy atom. The van der Waals surface area contributed by atoms with E-state index < -0.39 is 0 Å². The van der Waals surface area contributed by atoms with E-state index in [1.54, 1.807) is 11.0 Å². The maximum Gasteiger partial charge on any atom is 0.226 e. The average molecular weight is 195 g/mol. The van der Waals surface area contributed by atoms with Gasteiger partial charge in [-0.3, -0.25) is 4.79 Å². The van der Waals surface area contributed by atoms with Crippen LogP contribution in [0.5, 0.6) is 0 Å². The number of hydrogen-bond donors (Lipinski definition) is 0. The zero-order chi connectivity index (χ0) is 11.1. The monoisotopic (exact) mass is 195 g/mol. The van der Waals surface area contributed by atoms with Gasteiger partial charge in [-0.15, -0.1) is 6.58 Å². The van der Waals surface area contributed by atoms with Gasteiger partial charge >= 0.3 is 0 Å². The molecule has 2 nitrogen and oxygen atoms in total. The van der Waals surface area contributed by atoms with E-state index in [1.807, 2.05) is 20.8 Å². The van der Waals surface area contributed by atoms with Crippen molar-refractivity contribution in [3.63, 3.8) is 0 Å². The fraction of sp³-hybridized carbons (Fsp3) is 0.583. The molecule has 0 unspecified atom stereocenters. The summed E-state index contributed by atoms with van der Waals surface area (Å²) < 4.78 is 0. The zero-order valence-corrected chi connectivity index (χ0v) is 9.55. The molecule has 0 aliphatic carbocycles. The Hall–Kier alpha value is -1.05. The second-order valence-corrected chi connectivity index (χ2v) is 3.69. The first-order valence-corrected chi connectivity index (χ1v) is 5.14. The molecular formula is C12H21NO. The van der Waals surface area contributed by atoms with Crippen LogP contribution in [0.15, 0.2) is 24.9 Å². The van der Waals surface area contributed by atoms with Crippen LogP contribution in [0.3, 0.4) is 0 Å². The molecule has 0 rings (SSSR count). The number of carbonyl (C=O) groups excluding carboxylic acids is 1. The topological polar surface area (TPSA) is 20.3 Å². The third kappa shape index (κ3) is 3.77.